The highest BCUT2D eigenvalue weighted by molar-refractivity contribution is 5.42. The van der Waals surface area contributed by atoms with Gasteiger partial charge in [-0.25, -0.2) is 9.37 Å². The Morgan fingerprint density at radius 1 is 1.38 bits per heavy atom. The average molecular weight is 239 g/mol. The molecule has 1 rings (SSSR count). The van der Waals surface area contributed by atoms with Crippen LogP contribution >= 0.6 is 0 Å². The van der Waals surface area contributed by atoms with Gasteiger partial charge in [0.2, 0.25) is 5.88 Å². The fraction of sp³-hybridized carbons (Fsp3) is 0.444. The number of nitrogens with zero attached hydrogens (tertiary/aromatic N) is 1. The molecule has 0 saturated carbocycles. The van der Waals surface area contributed by atoms with Crippen molar-refractivity contribution in [2.75, 3.05) is 7.11 Å². The summed E-state index contributed by atoms with van der Waals surface area (Å²) < 4.78 is 56.9. The molecule has 1 aromatic rings. The van der Waals surface area contributed by atoms with Crippen LogP contribution in [0.1, 0.15) is 11.1 Å². The van der Waals surface area contributed by atoms with Crippen molar-refractivity contribution in [1.82, 2.24) is 4.98 Å². The first kappa shape index (κ1) is 12.5. The molecule has 90 valence electrons. The summed E-state index contributed by atoms with van der Waals surface area (Å²) >= 11 is 0. The van der Waals surface area contributed by atoms with Crippen LogP contribution in [0.2, 0.25) is 0 Å². The smallest absolute Gasteiger partial charge is 0.495 e. The zero-order valence-corrected chi connectivity index (χ0v) is 8.56. The van der Waals surface area contributed by atoms with Crippen molar-refractivity contribution in [3.8, 4) is 11.6 Å². The van der Waals surface area contributed by atoms with Gasteiger partial charge in [0, 0.05) is 5.56 Å². The zero-order chi connectivity index (χ0) is 12.3. The van der Waals surface area contributed by atoms with Crippen LogP contribution in [0.3, 0.4) is 0 Å². The lowest BCUT2D eigenvalue weighted by molar-refractivity contribution is -0.276. The first-order valence-corrected chi connectivity index (χ1v) is 4.23. The van der Waals surface area contributed by atoms with E-state index < -0.39 is 18.9 Å². The molecule has 7 heteroatoms. The van der Waals surface area contributed by atoms with Gasteiger partial charge in [-0.2, -0.15) is 0 Å². The van der Waals surface area contributed by atoms with Crippen LogP contribution in [-0.2, 0) is 6.67 Å². The molecular weight excluding hydrogens is 230 g/mol. The molecular formula is C9H9F4NO2. The van der Waals surface area contributed by atoms with Gasteiger partial charge in [-0.3, -0.25) is 0 Å². The van der Waals surface area contributed by atoms with Crippen molar-refractivity contribution in [1.29, 1.82) is 0 Å². The molecule has 0 N–H and O–H groups in total. The van der Waals surface area contributed by atoms with Crippen LogP contribution in [0.4, 0.5) is 17.6 Å². The fourth-order valence-corrected chi connectivity index (χ4v) is 1.16. The molecule has 16 heavy (non-hydrogen) atoms. The van der Waals surface area contributed by atoms with Crippen LogP contribution in [-0.4, -0.2) is 18.5 Å². The van der Waals surface area contributed by atoms with E-state index in [4.69, 9.17) is 4.74 Å². The number of aromatic nitrogens is 1. The van der Waals surface area contributed by atoms with E-state index in [0.29, 0.717) is 0 Å². The standard InChI is InChI=1S/C9H9F4NO2/c1-5-6(3-10)8(16-9(11,12)13)14-4-7(5)15-2/h4H,3H2,1-2H3. The minimum Gasteiger partial charge on any atom is -0.495 e. The van der Waals surface area contributed by atoms with E-state index in [1.165, 1.54) is 14.0 Å². The summed E-state index contributed by atoms with van der Waals surface area (Å²) in [5.74, 6) is -0.574. The Hall–Kier alpha value is -1.53. The molecule has 0 atom stereocenters. The molecule has 0 saturated heterocycles. The molecule has 0 aromatic carbocycles. The van der Waals surface area contributed by atoms with E-state index in [1.54, 1.807) is 0 Å². The number of pyridine rings is 1. The maximum absolute atomic E-state index is 12.6. The van der Waals surface area contributed by atoms with Gasteiger partial charge in [-0.05, 0) is 6.92 Å². The molecule has 0 fully saturated rings. The van der Waals surface area contributed by atoms with Gasteiger partial charge in [0.05, 0.1) is 18.9 Å². The van der Waals surface area contributed by atoms with Crippen molar-refractivity contribution in [2.24, 2.45) is 0 Å². The van der Waals surface area contributed by atoms with Gasteiger partial charge >= 0.3 is 6.36 Å². The normalized spacial score (nSPS) is 11.4. The number of methoxy groups -OCH3 is 1. The van der Waals surface area contributed by atoms with Crippen molar-refractivity contribution in [2.45, 2.75) is 20.0 Å². The number of hydrogen-bond acceptors (Lipinski definition) is 3. The SMILES string of the molecule is COc1cnc(OC(F)(F)F)c(CF)c1C. The summed E-state index contributed by atoms with van der Waals surface area (Å²) in [6.45, 7) is 0.320. The predicted molar refractivity (Wildman–Crippen MR) is 47.0 cm³/mol. The number of rotatable bonds is 3. The Morgan fingerprint density at radius 2 is 2.00 bits per heavy atom. The Balaban J connectivity index is 3.16. The molecule has 0 bridgehead atoms. The van der Waals surface area contributed by atoms with Crippen LogP contribution in [0, 0.1) is 6.92 Å². The van der Waals surface area contributed by atoms with E-state index >= 15 is 0 Å². The number of ether oxygens (including phenoxy) is 2. The summed E-state index contributed by atoms with van der Waals surface area (Å²) in [7, 11) is 1.32. The molecule has 1 heterocycles. The third-order valence-electron chi connectivity index (χ3n) is 1.95. The highest BCUT2D eigenvalue weighted by Crippen LogP contribution is 2.31. The molecule has 0 spiro atoms. The number of hydrogen-bond donors (Lipinski definition) is 0. The molecule has 0 aliphatic carbocycles. The second-order valence-electron chi connectivity index (χ2n) is 2.92. The second kappa shape index (κ2) is 4.54. The average Bonchev–Trinajstić information content (AvgIpc) is 2.16. The van der Waals surface area contributed by atoms with Gasteiger partial charge in [-0.1, -0.05) is 0 Å². The van der Waals surface area contributed by atoms with Crippen molar-refractivity contribution < 1.29 is 27.0 Å². The van der Waals surface area contributed by atoms with Gasteiger partial charge in [0.1, 0.15) is 12.4 Å². The van der Waals surface area contributed by atoms with E-state index in [0.717, 1.165) is 6.20 Å². The lowest BCUT2D eigenvalue weighted by atomic mass is 10.1. The molecule has 1 aromatic heterocycles. The Kier molecular flexibility index (Phi) is 3.56. The molecule has 3 nitrogen and oxygen atoms in total. The Bertz CT molecular complexity index is 379. The summed E-state index contributed by atoms with van der Waals surface area (Å²) in [6.07, 6.45) is -3.84. The molecule has 0 aliphatic rings. The summed E-state index contributed by atoms with van der Waals surface area (Å²) in [4.78, 5) is 3.36. The zero-order valence-electron chi connectivity index (χ0n) is 8.56. The number of halogens is 4. The predicted octanol–water partition coefficient (Wildman–Crippen LogP) is 2.77. The van der Waals surface area contributed by atoms with Crippen LogP contribution in [0.15, 0.2) is 6.20 Å². The highest BCUT2D eigenvalue weighted by Gasteiger charge is 2.33. The largest absolute Gasteiger partial charge is 0.574 e. The first-order valence-electron chi connectivity index (χ1n) is 4.23. The third-order valence-corrected chi connectivity index (χ3v) is 1.95. The van der Waals surface area contributed by atoms with Gasteiger partial charge < -0.3 is 9.47 Å². The summed E-state index contributed by atoms with van der Waals surface area (Å²) in [5.41, 5.74) is -0.0316. The molecule has 0 unspecified atom stereocenters. The van der Waals surface area contributed by atoms with Crippen molar-refractivity contribution in [3.05, 3.63) is 17.3 Å². The molecule has 0 aliphatic heterocycles. The highest BCUT2D eigenvalue weighted by atomic mass is 19.4. The van der Waals surface area contributed by atoms with E-state index in [9.17, 15) is 17.6 Å². The van der Waals surface area contributed by atoms with E-state index in [-0.39, 0.29) is 16.9 Å². The van der Waals surface area contributed by atoms with Gasteiger partial charge in [-0.15, -0.1) is 13.2 Å². The van der Waals surface area contributed by atoms with Crippen LogP contribution < -0.4 is 9.47 Å². The quantitative estimate of drug-likeness (QED) is 0.760. The molecule has 0 amide bonds. The summed E-state index contributed by atoms with van der Waals surface area (Å²) in [5, 5.41) is 0. The Labute approximate surface area is 89.0 Å². The first-order chi connectivity index (χ1) is 7.39. The topological polar surface area (TPSA) is 31.4 Å². The van der Waals surface area contributed by atoms with Crippen molar-refractivity contribution in [3.63, 3.8) is 0 Å². The minimum absolute atomic E-state index is 0.210. The summed E-state index contributed by atoms with van der Waals surface area (Å²) in [6, 6.07) is 0. The second-order valence-corrected chi connectivity index (χ2v) is 2.92. The Morgan fingerprint density at radius 3 is 2.44 bits per heavy atom. The minimum atomic E-state index is -4.89. The van der Waals surface area contributed by atoms with Crippen LogP contribution in [0.5, 0.6) is 11.6 Å². The van der Waals surface area contributed by atoms with E-state index in [2.05, 4.69) is 9.72 Å². The van der Waals surface area contributed by atoms with Gasteiger partial charge in [0.25, 0.3) is 0 Å². The monoisotopic (exact) mass is 239 g/mol. The molecule has 0 radical (unpaired) electrons. The van der Waals surface area contributed by atoms with Crippen molar-refractivity contribution >= 4 is 0 Å². The maximum Gasteiger partial charge on any atom is 0.574 e. The number of alkyl halides is 4. The maximum atomic E-state index is 12.6. The van der Waals surface area contributed by atoms with E-state index in [1.807, 2.05) is 0 Å². The van der Waals surface area contributed by atoms with Gasteiger partial charge in [0.15, 0.2) is 0 Å². The fourth-order valence-electron chi connectivity index (χ4n) is 1.16. The third kappa shape index (κ3) is 2.74. The van der Waals surface area contributed by atoms with Crippen LogP contribution in [0.25, 0.3) is 0 Å². The lowest BCUT2D eigenvalue weighted by Gasteiger charge is -2.14. The lowest BCUT2D eigenvalue weighted by Crippen LogP contribution is -2.19.